The highest BCUT2D eigenvalue weighted by Gasteiger charge is 2.32. The number of amides is 1. The van der Waals surface area contributed by atoms with Crippen LogP contribution in [0.2, 0.25) is 0 Å². The highest BCUT2D eigenvalue weighted by atomic mass is 19.4. The summed E-state index contributed by atoms with van der Waals surface area (Å²) in [6, 6.07) is 2.21. The summed E-state index contributed by atoms with van der Waals surface area (Å²) in [5.41, 5.74) is -1.35. The van der Waals surface area contributed by atoms with Gasteiger partial charge in [0.25, 0.3) is 0 Å². The fourth-order valence-electron chi connectivity index (χ4n) is 2.66. The molecule has 2 rings (SSSR count). The van der Waals surface area contributed by atoms with Crippen LogP contribution in [0.3, 0.4) is 0 Å². The van der Waals surface area contributed by atoms with Crippen molar-refractivity contribution in [3.05, 3.63) is 23.9 Å². The fraction of sp³-hybridized carbons (Fsp3) is 0.647. The molecule has 8 heteroatoms. The lowest BCUT2D eigenvalue weighted by Gasteiger charge is -2.36. The van der Waals surface area contributed by atoms with Gasteiger partial charge in [0.2, 0.25) is 0 Å². The minimum atomic E-state index is -4.40. The van der Waals surface area contributed by atoms with Gasteiger partial charge in [0, 0.05) is 19.3 Å². The van der Waals surface area contributed by atoms with Gasteiger partial charge >= 0.3 is 12.3 Å². The normalized spacial score (nSPS) is 18.8. The van der Waals surface area contributed by atoms with E-state index in [2.05, 4.69) is 10.3 Å². The van der Waals surface area contributed by atoms with Crippen molar-refractivity contribution in [2.24, 2.45) is 0 Å². The Balaban J connectivity index is 1.96. The Morgan fingerprint density at radius 2 is 2.04 bits per heavy atom. The number of likely N-dealkylation sites (tertiary alicyclic amines) is 1. The lowest BCUT2D eigenvalue weighted by molar-refractivity contribution is -0.137. The van der Waals surface area contributed by atoms with Crippen molar-refractivity contribution in [3.8, 4) is 0 Å². The molecule has 1 aliphatic rings. The van der Waals surface area contributed by atoms with Crippen molar-refractivity contribution in [1.82, 2.24) is 9.88 Å². The van der Waals surface area contributed by atoms with Crippen molar-refractivity contribution in [1.29, 1.82) is 0 Å². The zero-order valence-electron chi connectivity index (χ0n) is 14.7. The van der Waals surface area contributed by atoms with Crippen molar-refractivity contribution in [2.75, 3.05) is 18.4 Å². The Labute approximate surface area is 145 Å². The molecule has 5 nitrogen and oxygen atoms in total. The molecule has 1 N–H and O–H groups in total. The fourth-order valence-corrected chi connectivity index (χ4v) is 2.66. The van der Waals surface area contributed by atoms with Crippen LogP contribution < -0.4 is 5.32 Å². The number of halogens is 3. The van der Waals surface area contributed by atoms with E-state index >= 15 is 0 Å². The summed E-state index contributed by atoms with van der Waals surface area (Å²) in [6.07, 6.45) is -1.25. The first kappa shape index (κ1) is 19.3. The van der Waals surface area contributed by atoms with Crippen LogP contribution in [0.1, 0.15) is 45.6 Å². The number of anilines is 1. The Bertz CT molecular complexity index is 582. The molecule has 1 aliphatic heterocycles. The Kier molecular flexibility index (Phi) is 5.80. The molecule has 1 atom stereocenters. The van der Waals surface area contributed by atoms with Crippen molar-refractivity contribution in [3.63, 3.8) is 0 Å². The lowest BCUT2D eigenvalue weighted by atomic mass is 10.0. The van der Waals surface area contributed by atoms with Crippen LogP contribution in [0.5, 0.6) is 0 Å². The molecular formula is C17H24F3N3O2. The molecule has 1 fully saturated rings. The van der Waals surface area contributed by atoms with Gasteiger partial charge in [-0.3, -0.25) is 0 Å². The van der Waals surface area contributed by atoms with Crippen LogP contribution in [-0.4, -0.2) is 40.7 Å². The van der Waals surface area contributed by atoms with E-state index in [1.54, 1.807) is 4.90 Å². The number of carbonyl (C=O) groups excluding carboxylic acids is 1. The molecule has 1 aromatic heterocycles. The van der Waals surface area contributed by atoms with Crippen LogP contribution in [-0.2, 0) is 10.9 Å². The number of pyridine rings is 1. The Morgan fingerprint density at radius 3 is 2.60 bits per heavy atom. The summed E-state index contributed by atoms with van der Waals surface area (Å²) >= 11 is 0. The summed E-state index contributed by atoms with van der Waals surface area (Å²) < 4.78 is 43.1. The number of carbonyl (C=O) groups is 1. The average Bonchev–Trinajstić information content (AvgIpc) is 2.51. The van der Waals surface area contributed by atoms with Crippen LogP contribution in [0.4, 0.5) is 23.8 Å². The first-order chi connectivity index (χ1) is 11.6. The summed E-state index contributed by atoms with van der Waals surface area (Å²) in [6.45, 7) is 6.47. The number of hydrogen-bond donors (Lipinski definition) is 1. The van der Waals surface area contributed by atoms with Crippen molar-refractivity contribution in [2.45, 2.75) is 57.9 Å². The molecule has 2 heterocycles. The van der Waals surface area contributed by atoms with Gasteiger partial charge in [0.15, 0.2) is 0 Å². The molecule has 1 saturated heterocycles. The largest absolute Gasteiger partial charge is 0.444 e. The topological polar surface area (TPSA) is 54.5 Å². The maximum Gasteiger partial charge on any atom is 0.417 e. The third-order valence-corrected chi connectivity index (χ3v) is 3.86. The van der Waals surface area contributed by atoms with Crippen molar-refractivity contribution < 1.29 is 22.7 Å². The molecule has 1 amide bonds. The van der Waals surface area contributed by atoms with Gasteiger partial charge in [-0.2, -0.15) is 13.2 Å². The minimum absolute atomic E-state index is 0.0762. The molecule has 0 aliphatic carbocycles. The second-order valence-corrected chi connectivity index (χ2v) is 7.13. The maximum absolute atomic E-state index is 12.6. The predicted molar refractivity (Wildman–Crippen MR) is 88.3 cm³/mol. The average molecular weight is 359 g/mol. The monoisotopic (exact) mass is 359 g/mol. The molecule has 1 aromatic rings. The Hall–Kier alpha value is -1.99. The number of piperidine rings is 1. The van der Waals surface area contributed by atoms with Gasteiger partial charge in [0.1, 0.15) is 11.4 Å². The molecular weight excluding hydrogens is 335 g/mol. The molecule has 0 unspecified atom stereocenters. The van der Waals surface area contributed by atoms with Crippen LogP contribution >= 0.6 is 0 Å². The molecule has 0 radical (unpaired) electrons. The van der Waals surface area contributed by atoms with Crippen LogP contribution in [0.25, 0.3) is 0 Å². The Morgan fingerprint density at radius 1 is 1.32 bits per heavy atom. The third kappa shape index (κ3) is 5.79. The first-order valence-corrected chi connectivity index (χ1v) is 8.33. The molecule has 0 bridgehead atoms. The smallest absolute Gasteiger partial charge is 0.417 e. The number of hydrogen-bond acceptors (Lipinski definition) is 4. The highest BCUT2D eigenvalue weighted by molar-refractivity contribution is 5.68. The van der Waals surface area contributed by atoms with Gasteiger partial charge < -0.3 is 15.0 Å². The molecule has 0 spiro atoms. The number of aromatic nitrogens is 1. The number of alkyl halides is 3. The lowest BCUT2D eigenvalue weighted by Crippen LogP contribution is -2.48. The second kappa shape index (κ2) is 7.49. The highest BCUT2D eigenvalue weighted by Crippen LogP contribution is 2.29. The summed E-state index contributed by atoms with van der Waals surface area (Å²) in [5, 5.41) is 3.01. The van der Waals surface area contributed by atoms with Gasteiger partial charge in [0.05, 0.1) is 11.6 Å². The van der Waals surface area contributed by atoms with Gasteiger partial charge in [-0.05, 0) is 52.2 Å². The molecule has 0 saturated carbocycles. The molecule has 25 heavy (non-hydrogen) atoms. The number of ether oxygens (including phenoxy) is 1. The van der Waals surface area contributed by atoms with Crippen molar-refractivity contribution >= 4 is 11.9 Å². The second-order valence-electron chi connectivity index (χ2n) is 7.13. The summed E-state index contributed by atoms with van der Waals surface area (Å²) in [4.78, 5) is 17.8. The number of rotatable bonds is 3. The number of nitrogens with zero attached hydrogens (tertiary/aromatic N) is 2. The van der Waals surface area contributed by atoms with E-state index in [1.165, 1.54) is 6.07 Å². The quantitative estimate of drug-likeness (QED) is 0.874. The van der Waals surface area contributed by atoms with Crippen LogP contribution in [0, 0.1) is 0 Å². The minimum Gasteiger partial charge on any atom is -0.444 e. The number of nitrogens with one attached hydrogen (secondary N) is 1. The van der Waals surface area contributed by atoms with Crippen LogP contribution in [0.15, 0.2) is 18.3 Å². The third-order valence-electron chi connectivity index (χ3n) is 3.86. The molecule has 0 aromatic carbocycles. The maximum atomic E-state index is 12.6. The van der Waals surface area contributed by atoms with E-state index in [0.717, 1.165) is 31.5 Å². The summed E-state index contributed by atoms with van der Waals surface area (Å²) in [7, 11) is 0. The summed E-state index contributed by atoms with van der Waals surface area (Å²) in [5.74, 6) is 0.350. The SMILES string of the molecule is CC(C)(C)OC(=O)N1CCCC[C@H]1CNc1ccc(C(F)(F)F)cn1. The standard InChI is InChI=1S/C17H24F3N3O2/c1-16(2,3)25-15(24)23-9-5-4-6-13(23)11-22-14-8-7-12(10-21-14)17(18,19)20/h7-8,10,13H,4-6,9,11H2,1-3H3,(H,21,22)/t13-/m0/s1. The van der Waals surface area contributed by atoms with Gasteiger partial charge in [-0.15, -0.1) is 0 Å². The van der Waals surface area contributed by atoms with Gasteiger partial charge in [-0.25, -0.2) is 9.78 Å². The van der Waals surface area contributed by atoms with Gasteiger partial charge in [-0.1, -0.05) is 0 Å². The van der Waals surface area contributed by atoms with E-state index in [9.17, 15) is 18.0 Å². The van der Waals surface area contributed by atoms with E-state index in [-0.39, 0.29) is 12.1 Å². The van der Waals surface area contributed by atoms with E-state index in [0.29, 0.717) is 18.9 Å². The zero-order chi connectivity index (χ0) is 18.7. The first-order valence-electron chi connectivity index (χ1n) is 8.33. The van der Waals surface area contributed by atoms with E-state index < -0.39 is 17.3 Å². The van der Waals surface area contributed by atoms with E-state index in [4.69, 9.17) is 4.74 Å². The predicted octanol–water partition coefficient (Wildman–Crippen LogP) is 4.30. The zero-order valence-corrected chi connectivity index (χ0v) is 14.7. The molecule has 140 valence electrons. The van der Waals surface area contributed by atoms with E-state index in [1.807, 2.05) is 20.8 Å².